The Balaban J connectivity index is 2.90. The molecule has 0 aromatic heterocycles. The van der Waals surface area contributed by atoms with E-state index >= 15 is 0 Å². The predicted molar refractivity (Wildman–Crippen MR) is 72.3 cm³/mol. The van der Waals surface area contributed by atoms with Gasteiger partial charge in [-0.05, 0) is 34.1 Å². The van der Waals surface area contributed by atoms with Crippen molar-refractivity contribution in [1.82, 2.24) is 10.2 Å². The zero-order valence-corrected chi connectivity index (χ0v) is 12.2. The van der Waals surface area contributed by atoms with Crippen molar-refractivity contribution < 1.29 is 14.3 Å². The summed E-state index contributed by atoms with van der Waals surface area (Å²) in [6, 6.07) is -0.116. The number of nitrogens with two attached hydrogens (primary N) is 1. The number of carbonyl (C=O) groups is 2. The second-order valence-electron chi connectivity index (χ2n) is 5.73. The Labute approximate surface area is 114 Å². The summed E-state index contributed by atoms with van der Waals surface area (Å²) in [6.45, 7) is 7.65. The van der Waals surface area contributed by atoms with Crippen molar-refractivity contribution in [2.24, 2.45) is 5.73 Å². The third-order valence-corrected chi connectivity index (χ3v) is 2.95. The molecule has 1 rings (SSSR count). The van der Waals surface area contributed by atoms with Gasteiger partial charge in [0.2, 0.25) is 5.91 Å². The van der Waals surface area contributed by atoms with Gasteiger partial charge >= 0.3 is 6.09 Å². The first kappa shape index (κ1) is 15.3. The van der Waals surface area contributed by atoms with Crippen molar-refractivity contribution >= 4 is 12.0 Å². The molecule has 1 heterocycles. The van der Waals surface area contributed by atoms with Gasteiger partial charge in [0.1, 0.15) is 5.60 Å². The summed E-state index contributed by atoms with van der Waals surface area (Å²) in [5.74, 6) is -0.444. The maximum atomic E-state index is 12.1. The summed E-state index contributed by atoms with van der Waals surface area (Å²) < 4.78 is 5.36. The molecule has 6 nitrogen and oxygen atoms in total. The zero-order chi connectivity index (χ0) is 14.8. The fraction of sp³-hybridized carbons (Fsp3) is 0.692. The van der Waals surface area contributed by atoms with Crippen molar-refractivity contribution in [3.8, 4) is 0 Å². The van der Waals surface area contributed by atoms with E-state index in [4.69, 9.17) is 10.5 Å². The van der Waals surface area contributed by atoms with E-state index in [9.17, 15) is 9.59 Å². The Kier molecular flexibility index (Phi) is 4.44. The summed E-state index contributed by atoms with van der Waals surface area (Å²) in [5, 5.41) is 2.93. The highest BCUT2D eigenvalue weighted by molar-refractivity contribution is 5.93. The third kappa shape index (κ3) is 3.87. The average molecular weight is 269 g/mol. The molecule has 0 saturated heterocycles. The number of primary amides is 1. The Morgan fingerprint density at radius 1 is 1.42 bits per heavy atom. The van der Waals surface area contributed by atoms with Crippen LogP contribution in [-0.2, 0) is 9.53 Å². The molecule has 0 aliphatic carbocycles. The topological polar surface area (TPSA) is 84.7 Å². The normalized spacial score (nSPS) is 20.3. The number of hydrogen-bond acceptors (Lipinski definition) is 4. The van der Waals surface area contributed by atoms with Gasteiger partial charge in [0.25, 0.3) is 0 Å². The fourth-order valence-electron chi connectivity index (χ4n) is 1.99. The van der Waals surface area contributed by atoms with Crippen molar-refractivity contribution in [3.05, 3.63) is 11.3 Å². The monoisotopic (exact) mass is 269 g/mol. The number of rotatable bonds is 2. The van der Waals surface area contributed by atoms with E-state index < -0.39 is 11.5 Å². The molecule has 1 atom stereocenters. The number of amides is 2. The quantitative estimate of drug-likeness (QED) is 0.782. The molecule has 0 fully saturated rings. The number of ether oxygens (including phenoxy) is 1. The smallest absolute Gasteiger partial charge is 0.410 e. The number of nitrogens with zero attached hydrogens (tertiary/aromatic N) is 1. The molecule has 0 aromatic rings. The number of hydrogen-bond donors (Lipinski definition) is 2. The standard InChI is InChI=1S/C13H23N3O3/c1-8-6-9(11(14)17)10(15-5)7-16(8)12(18)19-13(2,3)4/h8,15H,6-7H2,1-5H3,(H2,14,17). The fourth-order valence-corrected chi connectivity index (χ4v) is 1.99. The minimum absolute atomic E-state index is 0.116. The average Bonchev–Trinajstić information content (AvgIpc) is 2.25. The first-order valence-electron chi connectivity index (χ1n) is 6.35. The lowest BCUT2D eigenvalue weighted by molar-refractivity contribution is -0.115. The number of nitrogens with one attached hydrogen (secondary N) is 1. The maximum absolute atomic E-state index is 12.1. The Bertz CT molecular complexity index is 410. The minimum Gasteiger partial charge on any atom is -0.444 e. The summed E-state index contributed by atoms with van der Waals surface area (Å²) in [6.07, 6.45) is 0.0568. The van der Waals surface area contributed by atoms with Crippen molar-refractivity contribution in [2.75, 3.05) is 13.6 Å². The predicted octanol–water partition coefficient (Wildman–Crippen LogP) is 0.974. The van der Waals surface area contributed by atoms with Crippen LogP contribution >= 0.6 is 0 Å². The molecule has 6 heteroatoms. The Morgan fingerprint density at radius 3 is 2.42 bits per heavy atom. The summed E-state index contributed by atoms with van der Waals surface area (Å²) in [5.41, 5.74) is 6.04. The van der Waals surface area contributed by atoms with Crippen LogP contribution in [0.5, 0.6) is 0 Å². The first-order chi connectivity index (χ1) is 8.65. The zero-order valence-electron chi connectivity index (χ0n) is 12.2. The molecule has 0 aromatic carbocycles. The van der Waals surface area contributed by atoms with Crippen molar-refractivity contribution in [2.45, 2.75) is 45.8 Å². The van der Waals surface area contributed by atoms with Crippen LogP contribution in [0.25, 0.3) is 0 Å². The second kappa shape index (κ2) is 5.50. The van der Waals surface area contributed by atoms with Gasteiger partial charge < -0.3 is 15.8 Å². The van der Waals surface area contributed by atoms with Gasteiger partial charge in [-0.25, -0.2) is 4.79 Å². The van der Waals surface area contributed by atoms with Crippen LogP contribution < -0.4 is 11.1 Å². The summed E-state index contributed by atoms with van der Waals surface area (Å²) >= 11 is 0. The molecule has 108 valence electrons. The van der Waals surface area contributed by atoms with E-state index in [1.807, 2.05) is 27.7 Å². The summed E-state index contributed by atoms with van der Waals surface area (Å²) in [4.78, 5) is 25.1. The lowest BCUT2D eigenvalue weighted by Gasteiger charge is -2.36. The molecule has 0 spiro atoms. The first-order valence-corrected chi connectivity index (χ1v) is 6.35. The lowest BCUT2D eigenvalue weighted by atomic mass is 9.98. The van der Waals surface area contributed by atoms with E-state index in [-0.39, 0.29) is 12.1 Å². The molecule has 3 N–H and O–H groups in total. The highest BCUT2D eigenvalue weighted by Crippen LogP contribution is 2.23. The number of carbonyl (C=O) groups excluding carboxylic acids is 2. The van der Waals surface area contributed by atoms with E-state index in [1.54, 1.807) is 11.9 Å². The van der Waals surface area contributed by atoms with Gasteiger partial charge in [-0.3, -0.25) is 9.69 Å². The van der Waals surface area contributed by atoms with E-state index in [1.165, 1.54) is 0 Å². The lowest BCUT2D eigenvalue weighted by Crippen LogP contribution is -2.48. The van der Waals surface area contributed by atoms with Crippen LogP contribution in [-0.4, -0.2) is 42.1 Å². The summed E-state index contributed by atoms with van der Waals surface area (Å²) in [7, 11) is 1.71. The molecule has 0 bridgehead atoms. The van der Waals surface area contributed by atoms with Gasteiger partial charge in [0.05, 0.1) is 6.54 Å². The van der Waals surface area contributed by atoms with Gasteiger partial charge in [0.15, 0.2) is 0 Å². The van der Waals surface area contributed by atoms with Crippen molar-refractivity contribution in [1.29, 1.82) is 0 Å². The molecular weight excluding hydrogens is 246 g/mol. The third-order valence-electron chi connectivity index (χ3n) is 2.95. The molecule has 0 saturated carbocycles. The molecule has 19 heavy (non-hydrogen) atoms. The van der Waals surface area contributed by atoms with Crippen LogP contribution in [0.1, 0.15) is 34.1 Å². The van der Waals surface area contributed by atoms with Crippen molar-refractivity contribution in [3.63, 3.8) is 0 Å². The minimum atomic E-state index is -0.537. The van der Waals surface area contributed by atoms with Gasteiger partial charge in [0, 0.05) is 24.4 Å². The molecular formula is C13H23N3O3. The SMILES string of the molecule is CNC1=C(C(N)=O)CC(C)N(C(=O)OC(C)(C)C)C1. The van der Waals surface area contributed by atoms with Gasteiger partial charge in [-0.1, -0.05) is 0 Å². The maximum Gasteiger partial charge on any atom is 0.410 e. The van der Waals surface area contributed by atoms with Crippen LogP contribution in [0.3, 0.4) is 0 Å². The number of likely N-dealkylation sites (N-methyl/N-ethyl adjacent to an activating group) is 1. The van der Waals surface area contributed by atoms with Crippen LogP contribution in [0, 0.1) is 0 Å². The Hall–Kier alpha value is -1.72. The second-order valence-corrected chi connectivity index (χ2v) is 5.73. The van der Waals surface area contributed by atoms with Crippen LogP contribution in [0.2, 0.25) is 0 Å². The van der Waals surface area contributed by atoms with E-state index in [2.05, 4.69) is 5.32 Å². The van der Waals surface area contributed by atoms with Gasteiger partial charge in [-0.15, -0.1) is 0 Å². The molecule has 1 aliphatic rings. The molecule has 1 aliphatic heterocycles. The molecule has 1 unspecified atom stereocenters. The Morgan fingerprint density at radius 2 is 2.00 bits per heavy atom. The van der Waals surface area contributed by atoms with Crippen LogP contribution in [0.4, 0.5) is 4.79 Å². The van der Waals surface area contributed by atoms with Crippen LogP contribution in [0.15, 0.2) is 11.3 Å². The highest BCUT2D eigenvalue weighted by Gasteiger charge is 2.32. The highest BCUT2D eigenvalue weighted by atomic mass is 16.6. The van der Waals surface area contributed by atoms with E-state index in [0.29, 0.717) is 24.2 Å². The molecule has 2 amide bonds. The largest absolute Gasteiger partial charge is 0.444 e. The van der Waals surface area contributed by atoms with E-state index in [0.717, 1.165) is 0 Å². The van der Waals surface area contributed by atoms with Gasteiger partial charge in [-0.2, -0.15) is 0 Å². The molecule has 0 radical (unpaired) electrons.